The van der Waals surface area contributed by atoms with Gasteiger partial charge in [-0.05, 0) is 13.3 Å². The first kappa shape index (κ1) is 19.5. The van der Waals surface area contributed by atoms with Crippen molar-refractivity contribution in [1.82, 2.24) is 15.3 Å². The van der Waals surface area contributed by atoms with E-state index >= 15 is 0 Å². The summed E-state index contributed by atoms with van der Waals surface area (Å²) in [4.78, 5) is 32.6. The highest BCUT2D eigenvalue weighted by Crippen LogP contribution is 2.32. The molecule has 2 aromatic rings. The van der Waals surface area contributed by atoms with Crippen molar-refractivity contribution in [2.75, 3.05) is 31.2 Å². The number of ether oxygens (including phenoxy) is 1. The zero-order chi connectivity index (χ0) is 20.4. The number of nitrogens with one attached hydrogen (secondary N) is 1. The third-order valence-electron chi connectivity index (χ3n) is 5.21. The van der Waals surface area contributed by atoms with E-state index in [4.69, 9.17) is 9.72 Å². The minimum Gasteiger partial charge on any atom is -0.378 e. The lowest BCUT2D eigenvalue weighted by atomic mass is 10.00. The van der Waals surface area contributed by atoms with Gasteiger partial charge in [-0.25, -0.2) is 9.78 Å². The molecule has 29 heavy (non-hydrogen) atoms. The zero-order valence-electron chi connectivity index (χ0n) is 16.4. The standard InChI is InChI=1S/C20H23N5O3S/c1-3-20(2)17(26)25(18(27)23-20)21-13-15-16(14-7-5-4-6-8-14)22-19(29-15)24-9-11-28-12-10-24/h4-8,13H,3,9-12H2,1-2H3,(H,23,27)/b21-13+. The van der Waals surface area contributed by atoms with E-state index in [-0.39, 0.29) is 5.91 Å². The number of amides is 3. The van der Waals surface area contributed by atoms with Crippen molar-refractivity contribution in [3.8, 4) is 11.3 Å². The number of benzene rings is 1. The number of hydrazone groups is 1. The van der Waals surface area contributed by atoms with Crippen LogP contribution in [0.2, 0.25) is 0 Å². The van der Waals surface area contributed by atoms with Gasteiger partial charge in [-0.3, -0.25) is 4.79 Å². The van der Waals surface area contributed by atoms with Crippen LogP contribution < -0.4 is 10.2 Å². The average Bonchev–Trinajstić information content (AvgIpc) is 3.27. The van der Waals surface area contributed by atoms with Crippen molar-refractivity contribution in [1.29, 1.82) is 0 Å². The Morgan fingerprint density at radius 2 is 2.00 bits per heavy atom. The first-order valence-corrected chi connectivity index (χ1v) is 10.4. The second-order valence-electron chi connectivity index (χ2n) is 7.15. The molecule has 1 N–H and O–H groups in total. The quantitative estimate of drug-likeness (QED) is 0.602. The fraction of sp³-hybridized carbons (Fsp3) is 0.400. The molecule has 9 heteroatoms. The van der Waals surface area contributed by atoms with Gasteiger partial charge < -0.3 is 15.0 Å². The van der Waals surface area contributed by atoms with Gasteiger partial charge in [-0.2, -0.15) is 5.10 Å². The normalized spacial score (nSPS) is 22.6. The lowest BCUT2D eigenvalue weighted by Crippen LogP contribution is -2.42. The minimum atomic E-state index is -0.913. The number of urea groups is 1. The van der Waals surface area contributed by atoms with Gasteiger partial charge in [0.05, 0.1) is 30.0 Å². The molecule has 0 aliphatic carbocycles. The first-order valence-electron chi connectivity index (χ1n) is 9.61. The van der Waals surface area contributed by atoms with Gasteiger partial charge in [0.25, 0.3) is 5.91 Å². The average molecular weight is 414 g/mol. The Balaban J connectivity index is 1.67. The maximum atomic E-state index is 12.6. The Hall–Kier alpha value is -2.78. The number of nitrogens with zero attached hydrogens (tertiary/aromatic N) is 4. The zero-order valence-corrected chi connectivity index (χ0v) is 17.2. The van der Waals surface area contributed by atoms with Crippen LogP contribution in [0.15, 0.2) is 35.4 Å². The molecular formula is C20H23N5O3S. The molecule has 0 radical (unpaired) electrons. The number of anilines is 1. The van der Waals surface area contributed by atoms with Crippen molar-refractivity contribution in [2.24, 2.45) is 5.10 Å². The number of rotatable bonds is 5. The van der Waals surface area contributed by atoms with E-state index in [1.165, 1.54) is 11.3 Å². The molecule has 2 aliphatic rings. The third kappa shape index (κ3) is 3.75. The molecule has 0 spiro atoms. The molecule has 152 valence electrons. The van der Waals surface area contributed by atoms with Crippen LogP contribution in [0, 0.1) is 0 Å². The molecule has 1 unspecified atom stereocenters. The topological polar surface area (TPSA) is 87.1 Å². The first-order chi connectivity index (χ1) is 14.0. The van der Waals surface area contributed by atoms with Gasteiger partial charge in [-0.15, -0.1) is 5.01 Å². The second-order valence-corrected chi connectivity index (χ2v) is 8.16. The number of carbonyl (C=O) groups is 2. The predicted molar refractivity (Wildman–Crippen MR) is 112 cm³/mol. The van der Waals surface area contributed by atoms with Crippen molar-refractivity contribution in [3.63, 3.8) is 0 Å². The molecule has 2 fully saturated rings. The van der Waals surface area contributed by atoms with Crippen molar-refractivity contribution < 1.29 is 14.3 Å². The van der Waals surface area contributed by atoms with Crippen LogP contribution in [-0.4, -0.2) is 60.0 Å². The molecule has 0 saturated carbocycles. The number of aromatic nitrogens is 1. The summed E-state index contributed by atoms with van der Waals surface area (Å²) in [6, 6.07) is 9.32. The number of morpholine rings is 1. The van der Waals surface area contributed by atoms with Crippen LogP contribution in [0.5, 0.6) is 0 Å². The van der Waals surface area contributed by atoms with E-state index < -0.39 is 11.6 Å². The van der Waals surface area contributed by atoms with Gasteiger partial charge >= 0.3 is 6.03 Å². The molecular weight excluding hydrogens is 390 g/mol. The number of hydrogen-bond acceptors (Lipinski definition) is 7. The summed E-state index contributed by atoms with van der Waals surface area (Å²) in [5, 5.41) is 8.71. The lowest BCUT2D eigenvalue weighted by molar-refractivity contribution is -0.130. The third-order valence-corrected chi connectivity index (χ3v) is 6.26. The molecule has 3 heterocycles. The number of hydrogen-bond donors (Lipinski definition) is 1. The molecule has 4 rings (SSSR count). The molecule has 0 bridgehead atoms. The van der Waals surface area contributed by atoms with Crippen LogP contribution in [0.3, 0.4) is 0 Å². The molecule has 2 aliphatic heterocycles. The maximum absolute atomic E-state index is 12.6. The monoisotopic (exact) mass is 413 g/mol. The highest BCUT2D eigenvalue weighted by Gasteiger charge is 2.46. The molecule has 3 amide bonds. The lowest BCUT2D eigenvalue weighted by Gasteiger charge is -2.26. The van der Waals surface area contributed by atoms with Gasteiger partial charge in [0, 0.05) is 18.7 Å². The van der Waals surface area contributed by atoms with Gasteiger partial charge in [0.15, 0.2) is 5.13 Å². The van der Waals surface area contributed by atoms with E-state index in [1.807, 2.05) is 37.3 Å². The van der Waals surface area contributed by atoms with Crippen LogP contribution in [0.1, 0.15) is 25.1 Å². The Bertz CT molecular complexity index is 939. The van der Waals surface area contributed by atoms with Crippen LogP contribution in [0.4, 0.5) is 9.93 Å². The highest BCUT2D eigenvalue weighted by atomic mass is 32.1. The summed E-state index contributed by atoms with van der Waals surface area (Å²) >= 11 is 1.49. The Morgan fingerprint density at radius 3 is 2.66 bits per heavy atom. The largest absolute Gasteiger partial charge is 0.378 e. The highest BCUT2D eigenvalue weighted by molar-refractivity contribution is 7.17. The molecule has 1 atom stereocenters. The minimum absolute atomic E-state index is 0.347. The molecule has 2 saturated heterocycles. The Labute approximate surface area is 173 Å². The number of imide groups is 1. The smallest absolute Gasteiger partial charge is 0.346 e. The maximum Gasteiger partial charge on any atom is 0.346 e. The summed E-state index contributed by atoms with van der Waals surface area (Å²) < 4.78 is 5.43. The van der Waals surface area contributed by atoms with E-state index in [1.54, 1.807) is 13.1 Å². The van der Waals surface area contributed by atoms with Crippen molar-refractivity contribution in [2.45, 2.75) is 25.8 Å². The van der Waals surface area contributed by atoms with Crippen LogP contribution >= 0.6 is 11.3 Å². The van der Waals surface area contributed by atoms with Crippen LogP contribution in [0.25, 0.3) is 11.3 Å². The second kappa shape index (κ2) is 7.92. The number of thiazole rings is 1. The van der Waals surface area contributed by atoms with Crippen molar-refractivity contribution in [3.05, 3.63) is 35.2 Å². The Morgan fingerprint density at radius 1 is 1.28 bits per heavy atom. The Kier molecular flexibility index (Phi) is 5.33. The molecule has 1 aromatic carbocycles. The summed E-state index contributed by atoms with van der Waals surface area (Å²) in [6.45, 7) is 6.46. The number of carbonyl (C=O) groups excluding carboxylic acids is 2. The SMILES string of the molecule is CCC1(C)NC(=O)N(/N=C/c2sc(N3CCOCC3)nc2-c2ccccc2)C1=O. The van der Waals surface area contributed by atoms with Crippen LogP contribution in [-0.2, 0) is 9.53 Å². The van der Waals surface area contributed by atoms with E-state index in [0.717, 1.165) is 39.4 Å². The molecule has 8 nitrogen and oxygen atoms in total. The summed E-state index contributed by atoms with van der Waals surface area (Å²) in [5.74, 6) is -0.347. The van der Waals surface area contributed by atoms with Gasteiger partial charge in [-0.1, -0.05) is 48.6 Å². The predicted octanol–water partition coefficient (Wildman–Crippen LogP) is 2.70. The molecule has 1 aromatic heterocycles. The summed E-state index contributed by atoms with van der Waals surface area (Å²) in [5.41, 5.74) is 0.829. The summed E-state index contributed by atoms with van der Waals surface area (Å²) in [6.07, 6.45) is 2.06. The van der Waals surface area contributed by atoms with E-state index in [0.29, 0.717) is 19.6 Å². The van der Waals surface area contributed by atoms with Gasteiger partial charge in [0.1, 0.15) is 5.54 Å². The van der Waals surface area contributed by atoms with E-state index in [9.17, 15) is 9.59 Å². The fourth-order valence-electron chi connectivity index (χ4n) is 3.22. The van der Waals surface area contributed by atoms with Gasteiger partial charge in [0.2, 0.25) is 0 Å². The summed E-state index contributed by atoms with van der Waals surface area (Å²) in [7, 11) is 0. The van der Waals surface area contributed by atoms with Crippen molar-refractivity contribution >= 4 is 34.6 Å². The fourth-order valence-corrected chi connectivity index (χ4v) is 4.23. The van der Waals surface area contributed by atoms with E-state index in [2.05, 4.69) is 15.3 Å².